The molecule has 0 saturated carbocycles. The second-order valence-electron chi connectivity index (χ2n) is 14.6. The molecule has 0 radical (unpaired) electrons. The van der Waals surface area contributed by atoms with Crippen LogP contribution in [0.3, 0.4) is 0 Å². The molecule has 0 unspecified atom stereocenters. The number of aliphatic imine (C=N–C) groups is 1. The molecule has 9 atom stereocenters. The highest BCUT2D eigenvalue weighted by Crippen LogP contribution is 2.26. The zero-order chi connectivity index (χ0) is 40.0. The van der Waals surface area contributed by atoms with Crippen LogP contribution in [0.15, 0.2) is 46.1 Å². The standard InChI is InChI=1S/C38H50N8O7S2/c1-8-19(4)28-33(50)45-29(21(6)47)34(51)39-20(5)37-42-26(16-54-37)31(48)40-24(14-18(2)3)36-46-30(22(7)53-36)35(52)41-25(15-23-12-10-9-11-13-23)38-43-27(17-55-38)32(49)44-28/h9-13,16-22,24-25,28-30,47H,8,14-15H2,1-7H3,(H,39,51)(H,40,48)(H,41,52)(H,44,49)(H,45,50)/t19-,20+,21-,22+,24-,25+,28-,29-,30-/m0/s1. The lowest BCUT2D eigenvalue weighted by molar-refractivity contribution is -0.133. The summed E-state index contributed by atoms with van der Waals surface area (Å²) >= 11 is 2.35. The second kappa shape index (κ2) is 18.3. The van der Waals surface area contributed by atoms with Gasteiger partial charge in [-0.25, -0.2) is 15.0 Å². The summed E-state index contributed by atoms with van der Waals surface area (Å²) < 4.78 is 6.13. The van der Waals surface area contributed by atoms with Gasteiger partial charge >= 0.3 is 0 Å². The molecule has 55 heavy (non-hydrogen) atoms. The molecule has 0 spiro atoms. The predicted molar refractivity (Wildman–Crippen MR) is 209 cm³/mol. The maximum atomic E-state index is 14.0. The van der Waals surface area contributed by atoms with E-state index < -0.39 is 78.0 Å². The largest absolute Gasteiger partial charge is 0.474 e. The molecular formula is C38H50N8O7S2. The quantitative estimate of drug-likeness (QED) is 0.207. The molecule has 1 aromatic carbocycles. The van der Waals surface area contributed by atoms with E-state index in [4.69, 9.17) is 4.74 Å². The van der Waals surface area contributed by atoms with E-state index in [0.29, 0.717) is 29.3 Å². The average Bonchev–Trinajstić information content (AvgIpc) is 3.92. The molecule has 0 fully saturated rings. The van der Waals surface area contributed by atoms with Crippen LogP contribution in [0.2, 0.25) is 0 Å². The van der Waals surface area contributed by atoms with Gasteiger partial charge in [-0.15, -0.1) is 22.7 Å². The topological polar surface area (TPSA) is 213 Å². The number of aliphatic hydroxyl groups excluding tert-OH is 1. The lowest BCUT2D eigenvalue weighted by Crippen LogP contribution is -2.58. The van der Waals surface area contributed by atoms with Crippen LogP contribution in [-0.2, 0) is 25.5 Å². The van der Waals surface area contributed by atoms with Crippen molar-refractivity contribution in [2.45, 2.75) is 116 Å². The zero-order valence-electron chi connectivity index (χ0n) is 32.0. The Kier molecular flexibility index (Phi) is 13.8. The normalized spacial score (nSPS) is 26.7. The number of nitrogens with zero attached hydrogens (tertiary/aromatic N) is 3. The van der Waals surface area contributed by atoms with E-state index in [1.165, 1.54) is 18.3 Å². The van der Waals surface area contributed by atoms with Crippen molar-refractivity contribution < 1.29 is 33.8 Å². The lowest BCUT2D eigenvalue weighted by atomic mass is 9.97. The fraction of sp³-hybridized carbons (Fsp3) is 0.526. The smallest absolute Gasteiger partial charge is 0.271 e. The summed E-state index contributed by atoms with van der Waals surface area (Å²) in [6, 6.07) is 4.17. The number of benzene rings is 1. The maximum Gasteiger partial charge on any atom is 0.271 e. The number of hydrogen-bond donors (Lipinski definition) is 6. The summed E-state index contributed by atoms with van der Waals surface area (Å²) in [5.74, 6) is -2.83. The Labute approximate surface area is 328 Å². The van der Waals surface area contributed by atoms with Crippen molar-refractivity contribution in [2.24, 2.45) is 16.8 Å². The Morgan fingerprint density at radius 3 is 2.02 bits per heavy atom. The van der Waals surface area contributed by atoms with Gasteiger partial charge < -0.3 is 36.4 Å². The van der Waals surface area contributed by atoms with Gasteiger partial charge in [-0.3, -0.25) is 24.0 Å². The monoisotopic (exact) mass is 794 g/mol. The van der Waals surface area contributed by atoms with E-state index >= 15 is 0 Å². The number of aliphatic hydroxyl groups is 1. The Bertz CT molecular complexity index is 1880. The van der Waals surface area contributed by atoms with Crippen molar-refractivity contribution in [1.82, 2.24) is 36.6 Å². The zero-order valence-corrected chi connectivity index (χ0v) is 33.6. The van der Waals surface area contributed by atoms with Crippen LogP contribution in [-0.4, -0.2) is 86.9 Å². The number of aromatic nitrogens is 2. The van der Waals surface area contributed by atoms with E-state index in [9.17, 15) is 29.1 Å². The third-order valence-electron chi connectivity index (χ3n) is 9.58. The summed E-state index contributed by atoms with van der Waals surface area (Å²) in [6.07, 6.45) is -0.587. The number of amides is 5. The van der Waals surface area contributed by atoms with E-state index in [-0.39, 0.29) is 29.1 Å². The summed E-state index contributed by atoms with van der Waals surface area (Å²) in [6.45, 7) is 12.4. The van der Waals surface area contributed by atoms with Gasteiger partial charge in [0.2, 0.25) is 23.6 Å². The first kappa shape index (κ1) is 41.4. The maximum absolute atomic E-state index is 14.0. The Morgan fingerprint density at radius 1 is 0.764 bits per heavy atom. The van der Waals surface area contributed by atoms with Gasteiger partial charge in [-0.2, -0.15) is 0 Å². The van der Waals surface area contributed by atoms with Crippen LogP contribution in [0, 0.1) is 11.8 Å². The molecule has 6 bridgehead atoms. The Morgan fingerprint density at radius 2 is 1.38 bits per heavy atom. The number of hydrogen-bond acceptors (Lipinski definition) is 12. The van der Waals surface area contributed by atoms with Crippen molar-refractivity contribution in [1.29, 1.82) is 0 Å². The van der Waals surface area contributed by atoms with Gasteiger partial charge in [0.15, 0.2) is 6.04 Å². The van der Waals surface area contributed by atoms with Crippen LogP contribution >= 0.6 is 22.7 Å². The van der Waals surface area contributed by atoms with Gasteiger partial charge in [-0.1, -0.05) is 64.4 Å². The molecule has 2 aromatic heterocycles. The summed E-state index contributed by atoms with van der Waals surface area (Å²) in [7, 11) is 0. The summed E-state index contributed by atoms with van der Waals surface area (Å²) in [5, 5.41) is 28.9. The predicted octanol–water partition coefficient (Wildman–Crippen LogP) is 3.23. The van der Waals surface area contributed by atoms with Crippen molar-refractivity contribution in [3.63, 3.8) is 0 Å². The number of thiazole rings is 2. The molecule has 6 N–H and O–H groups in total. The minimum absolute atomic E-state index is 0.0504. The Balaban J connectivity index is 1.53. The van der Waals surface area contributed by atoms with Crippen LogP contribution in [0.25, 0.3) is 0 Å². The first-order valence-corrected chi connectivity index (χ1v) is 20.3. The number of ether oxygens (including phenoxy) is 1. The first-order valence-electron chi connectivity index (χ1n) is 18.5. The van der Waals surface area contributed by atoms with Gasteiger partial charge in [0.05, 0.1) is 18.2 Å². The summed E-state index contributed by atoms with van der Waals surface area (Å²) in [4.78, 5) is 82.2. The second-order valence-corrected chi connectivity index (χ2v) is 16.4. The van der Waals surface area contributed by atoms with Crippen molar-refractivity contribution >= 4 is 58.1 Å². The minimum atomic E-state index is -1.37. The molecule has 0 aliphatic carbocycles. The van der Waals surface area contributed by atoms with Crippen LogP contribution in [0.4, 0.5) is 0 Å². The lowest BCUT2D eigenvalue weighted by Gasteiger charge is -2.28. The van der Waals surface area contributed by atoms with E-state index in [1.807, 2.05) is 51.1 Å². The fourth-order valence-electron chi connectivity index (χ4n) is 6.28. The van der Waals surface area contributed by atoms with Crippen LogP contribution in [0.1, 0.15) is 110 Å². The van der Waals surface area contributed by atoms with E-state index in [0.717, 1.165) is 16.9 Å². The number of nitrogens with one attached hydrogen (secondary N) is 5. The van der Waals surface area contributed by atoms with Gasteiger partial charge in [0, 0.05) is 10.8 Å². The highest BCUT2D eigenvalue weighted by molar-refractivity contribution is 7.10. The van der Waals surface area contributed by atoms with Crippen LogP contribution in [0.5, 0.6) is 0 Å². The highest BCUT2D eigenvalue weighted by Gasteiger charge is 2.39. The molecule has 0 saturated heterocycles. The molecule has 5 rings (SSSR count). The molecule has 296 valence electrons. The number of rotatable bonds is 7. The van der Waals surface area contributed by atoms with Gasteiger partial charge in [0.1, 0.15) is 45.6 Å². The Hall–Kier alpha value is -4.74. The van der Waals surface area contributed by atoms with Crippen molar-refractivity contribution in [3.05, 3.63) is 68.1 Å². The third kappa shape index (κ3) is 10.3. The van der Waals surface area contributed by atoms with Gasteiger partial charge in [0.25, 0.3) is 11.8 Å². The number of carbonyl (C=O) groups excluding carboxylic acids is 5. The molecule has 2 aliphatic heterocycles. The molecule has 4 heterocycles. The van der Waals surface area contributed by atoms with Crippen LogP contribution < -0.4 is 26.6 Å². The third-order valence-corrected chi connectivity index (χ3v) is 11.6. The van der Waals surface area contributed by atoms with E-state index in [2.05, 4.69) is 41.5 Å². The van der Waals surface area contributed by atoms with E-state index in [1.54, 1.807) is 31.5 Å². The molecule has 15 nitrogen and oxygen atoms in total. The van der Waals surface area contributed by atoms with Crippen molar-refractivity contribution in [2.75, 3.05) is 0 Å². The number of fused-ring (bicyclic) bond motifs is 5. The van der Waals surface area contributed by atoms with Crippen molar-refractivity contribution in [3.8, 4) is 0 Å². The minimum Gasteiger partial charge on any atom is -0.474 e. The molecule has 3 aromatic rings. The SMILES string of the molecule is CC[C@H](C)[C@@H]1NC(=O)c2csc(n2)[C@@H](Cc2ccccc2)NC(=O)[C@H]2N=C(O[C@@H]2C)[C@H](CC(C)C)NC(=O)c2csc(n2)[C@@H](C)NC(=O)[C@H]([C@H](C)O)NC1=O. The highest BCUT2D eigenvalue weighted by atomic mass is 32.1. The molecular weight excluding hydrogens is 745 g/mol. The molecule has 17 heteroatoms. The average molecular weight is 795 g/mol. The number of carbonyl (C=O) groups is 5. The van der Waals surface area contributed by atoms with Gasteiger partial charge in [-0.05, 0) is 51.0 Å². The molecule has 2 aliphatic rings. The molecule has 5 amide bonds. The first-order chi connectivity index (χ1) is 26.1. The summed E-state index contributed by atoms with van der Waals surface area (Å²) in [5.41, 5.74) is 1.09. The fourth-order valence-corrected chi connectivity index (χ4v) is 7.93.